The molecule has 2 atom stereocenters. The highest BCUT2D eigenvalue weighted by Gasteiger charge is 2.02. The van der Waals surface area contributed by atoms with Gasteiger partial charge in [0.2, 0.25) is 0 Å². The Morgan fingerprint density at radius 1 is 1.31 bits per heavy atom. The molecule has 0 saturated carbocycles. The molecule has 2 nitrogen and oxygen atoms in total. The van der Waals surface area contributed by atoms with Crippen LogP contribution in [-0.2, 0) is 4.74 Å². The Morgan fingerprint density at radius 3 is 2.54 bits per heavy atom. The predicted molar refractivity (Wildman–Crippen MR) is 61.6 cm³/mol. The Labute approximate surface area is 86.8 Å². The van der Waals surface area contributed by atoms with Crippen molar-refractivity contribution >= 4 is 11.8 Å². The highest BCUT2D eigenvalue weighted by molar-refractivity contribution is 7.99. The highest BCUT2D eigenvalue weighted by Crippen LogP contribution is 2.08. The van der Waals surface area contributed by atoms with Gasteiger partial charge in [-0.25, -0.2) is 0 Å². The van der Waals surface area contributed by atoms with Crippen molar-refractivity contribution in [1.82, 2.24) is 5.32 Å². The van der Waals surface area contributed by atoms with Gasteiger partial charge >= 0.3 is 0 Å². The Morgan fingerprint density at radius 2 is 2.00 bits per heavy atom. The maximum absolute atomic E-state index is 5.02. The van der Waals surface area contributed by atoms with Crippen molar-refractivity contribution in [1.29, 1.82) is 0 Å². The Kier molecular flexibility index (Phi) is 9.03. The van der Waals surface area contributed by atoms with Crippen LogP contribution in [0.5, 0.6) is 0 Å². The molecule has 3 heteroatoms. The summed E-state index contributed by atoms with van der Waals surface area (Å²) in [7, 11) is 1.75. The minimum atomic E-state index is 0.578. The van der Waals surface area contributed by atoms with Crippen LogP contribution in [0.2, 0.25) is 0 Å². The van der Waals surface area contributed by atoms with Crippen molar-refractivity contribution in [3.8, 4) is 0 Å². The van der Waals surface area contributed by atoms with E-state index in [9.17, 15) is 0 Å². The van der Waals surface area contributed by atoms with Crippen LogP contribution in [0, 0.1) is 0 Å². The van der Waals surface area contributed by atoms with Crippen LogP contribution in [0.15, 0.2) is 0 Å². The van der Waals surface area contributed by atoms with Crippen LogP contribution in [0.25, 0.3) is 0 Å². The fourth-order valence-electron chi connectivity index (χ4n) is 1.05. The molecule has 0 spiro atoms. The van der Waals surface area contributed by atoms with Crippen molar-refractivity contribution in [3.05, 3.63) is 0 Å². The van der Waals surface area contributed by atoms with E-state index in [1.807, 2.05) is 11.8 Å². The van der Waals surface area contributed by atoms with Crippen LogP contribution >= 0.6 is 11.8 Å². The summed E-state index contributed by atoms with van der Waals surface area (Å²) in [5.41, 5.74) is 0. The van der Waals surface area contributed by atoms with E-state index in [1.165, 1.54) is 6.42 Å². The van der Waals surface area contributed by atoms with Gasteiger partial charge in [0.05, 0.1) is 0 Å². The number of nitrogens with one attached hydrogen (secondary N) is 1. The molecule has 0 aliphatic carbocycles. The quantitative estimate of drug-likeness (QED) is 0.656. The molecular weight excluding hydrogens is 182 g/mol. The molecule has 2 unspecified atom stereocenters. The third-order valence-electron chi connectivity index (χ3n) is 2.20. The molecule has 0 fully saturated rings. The van der Waals surface area contributed by atoms with Gasteiger partial charge in [-0.15, -0.1) is 0 Å². The van der Waals surface area contributed by atoms with Gasteiger partial charge in [0.15, 0.2) is 0 Å². The summed E-state index contributed by atoms with van der Waals surface area (Å²) < 4.78 is 5.02. The molecule has 0 bridgehead atoms. The minimum Gasteiger partial charge on any atom is -0.385 e. The number of ether oxygens (including phenoxy) is 1. The van der Waals surface area contributed by atoms with Gasteiger partial charge in [-0.3, -0.25) is 0 Å². The average Bonchev–Trinajstić information content (AvgIpc) is 2.14. The lowest BCUT2D eigenvalue weighted by molar-refractivity contribution is 0.185. The molecule has 0 aliphatic heterocycles. The SMILES string of the molecule is COCCC(C)NCCC(C)SC. The van der Waals surface area contributed by atoms with Gasteiger partial charge in [-0.05, 0) is 32.6 Å². The molecule has 0 radical (unpaired) electrons. The molecule has 0 saturated heterocycles. The van der Waals surface area contributed by atoms with E-state index in [0.29, 0.717) is 6.04 Å². The standard InChI is InChI=1S/C10H23NOS/c1-9(6-8-12-3)11-7-5-10(2)13-4/h9-11H,5-8H2,1-4H3. The van der Waals surface area contributed by atoms with Gasteiger partial charge in [0.25, 0.3) is 0 Å². The zero-order chi connectivity index (χ0) is 10.1. The van der Waals surface area contributed by atoms with E-state index in [1.54, 1.807) is 7.11 Å². The van der Waals surface area contributed by atoms with E-state index < -0.39 is 0 Å². The van der Waals surface area contributed by atoms with E-state index in [4.69, 9.17) is 4.74 Å². The fraction of sp³-hybridized carbons (Fsp3) is 1.00. The lowest BCUT2D eigenvalue weighted by Crippen LogP contribution is -2.29. The Bertz CT molecular complexity index is 111. The zero-order valence-electron chi connectivity index (χ0n) is 9.30. The molecule has 80 valence electrons. The van der Waals surface area contributed by atoms with Crippen LogP contribution in [0.4, 0.5) is 0 Å². The molecule has 13 heavy (non-hydrogen) atoms. The maximum Gasteiger partial charge on any atom is 0.0476 e. The summed E-state index contributed by atoms with van der Waals surface area (Å²) in [6.07, 6.45) is 4.52. The first-order valence-corrected chi connectivity index (χ1v) is 6.24. The van der Waals surface area contributed by atoms with Crippen LogP contribution < -0.4 is 5.32 Å². The minimum absolute atomic E-state index is 0.578. The first kappa shape index (κ1) is 13.3. The molecule has 0 heterocycles. The van der Waals surface area contributed by atoms with Gasteiger partial charge in [0.1, 0.15) is 0 Å². The molecule has 1 N–H and O–H groups in total. The molecule has 0 aromatic carbocycles. The Hall–Kier alpha value is 0.270. The van der Waals surface area contributed by atoms with Crippen molar-refractivity contribution in [3.63, 3.8) is 0 Å². The average molecular weight is 205 g/mol. The van der Waals surface area contributed by atoms with Crippen molar-refractivity contribution < 1.29 is 4.74 Å². The second-order valence-electron chi connectivity index (χ2n) is 3.47. The predicted octanol–water partition coefficient (Wildman–Crippen LogP) is 2.14. The lowest BCUT2D eigenvalue weighted by atomic mass is 10.2. The monoisotopic (exact) mass is 205 g/mol. The summed E-state index contributed by atoms with van der Waals surface area (Å²) in [6.45, 7) is 6.45. The smallest absolute Gasteiger partial charge is 0.0476 e. The molecule has 0 amide bonds. The molecule has 0 rings (SSSR count). The summed E-state index contributed by atoms with van der Waals surface area (Å²) in [5, 5.41) is 4.26. The number of rotatable bonds is 8. The third-order valence-corrected chi connectivity index (χ3v) is 3.24. The van der Waals surface area contributed by atoms with Crippen LogP contribution in [-0.4, -0.2) is 37.8 Å². The molecule has 0 aromatic rings. The zero-order valence-corrected chi connectivity index (χ0v) is 10.1. The summed E-state index contributed by atoms with van der Waals surface area (Å²) in [6, 6.07) is 0.578. The molecule has 0 aliphatic rings. The van der Waals surface area contributed by atoms with Gasteiger partial charge in [-0.2, -0.15) is 11.8 Å². The second-order valence-corrected chi connectivity index (χ2v) is 4.75. The largest absolute Gasteiger partial charge is 0.385 e. The topological polar surface area (TPSA) is 21.3 Å². The van der Waals surface area contributed by atoms with Crippen LogP contribution in [0.3, 0.4) is 0 Å². The summed E-state index contributed by atoms with van der Waals surface area (Å²) in [4.78, 5) is 0. The van der Waals surface area contributed by atoms with Gasteiger partial charge < -0.3 is 10.1 Å². The van der Waals surface area contributed by atoms with Crippen molar-refractivity contribution in [2.24, 2.45) is 0 Å². The van der Waals surface area contributed by atoms with E-state index in [2.05, 4.69) is 25.4 Å². The maximum atomic E-state index is 5.02. The number of thioether (sulfide) groups is 1. The van der Waals surface area contributed by atoms with E-state index in [-0.39, 0.29) is 0 Å². The molecule has 0 aromatic heterocycles. The summed E-state index contributed by atoms with van der Waals surface area (Å²) in [5.74, 6) is 0. The second kappa shape index (κ2) is 8.85. The van der Waals surface area contributed by atoms with Crippen molar-refractivity contribution in [2.45, 2.75) is 38.0 Å². The third kappa shape index (κ3) is 8.60. The van der Waals surface area contributed by atoms with Gasteiger partial charge in [-0.1, -0.05) is 6.92 Å². The normalized spacial score (nSPS) is 15.7. The number of hydrogen-bond acceptors (Lipinski definition) is 3. The Balaban J connectivity index is 3.21. The highest BCUT2D eigenvalue weighted by atomic mass is 32.2. The number of methoxy groups -OCH3 is 1. The van der Waals surface area contributed by atoms with Gasteiger partial charge in [0, 0.05) is 25.0 Å². The first-order valence-electron chi connectivity index (χ1n) is 4.95. The fourth-order valence-corrected chi connectivity index (χ4v) is 1.40. The first-order chi connectivity index (χ1) is 6.20. The lowest BCUT2D eigenvalue weighted by Gasteiger charge is -2.14. The van der Waals surface area contributed by atoms with Crippen molar-refractivity contribution in [2.75, 3.05) is 26.5 Å². The molecular formula is C10H23NOS. The number of hydrogen-bond donors (Lipinski definition) is 1. The summed E-state index contributed by atoms with van der Waals surface area (Å²) >= 11 is 1.93. The van der Waals surface area contributed by atoms with E-state index >= 15 is 0 Å². The van der Waals surface area contributed by atoms with Crippen LogP contribution in [0.1, 0.15) is 26.7 Å². The van der Waals surface area contributed by atoms with E-state index in [0.717, 1.165) is 24.8 Å².